The van der Waals surface area contributed by atoms with Crippen molar-refractivity contribution < 1.29 is 75.2 Å². The van der Waals surface area contributed by atoms with Crippen LogP contribution in [0.1, 0.15) is 128 Å². The van der Waals surface area contributed by atoms with Crippen molar-refractivity contribution in [3.63, 3.8) is 0 Å². The number of hydrogen-bond acceptors (Lipinski definition) is 14. The second-order valence-electron chi connectivity index (χ2n) is 33.4. The molecule has 3 aliphatic rings. The van der Waals surface area contributed by atoms with E-state index in [2.05, 4.69) is 19.2 Å². The number of nitrogens with zero attached hydrogens (tertiary/aromatic N) is 8. The first-order chi connectivity index (χ1) is 59.4. The van der Waals surface area contributed by atoms with Crippen LogP contribution in [0, 0.1) is 44.1 Å². The van der Waals surface area contributed by atoms with Gasteiger partial charge in [-0.2, -0.15) is 0 Å². The van der Waals surface area contributed by atoms with Crippen molar-refractivity contribution in [1.82, 2.24) is 29.8 Å². The molecule has 12 rings (SSSR count). The maximum Gasteiger partial charge on any atom is 0.410 e. The van der Waals surface area contributed by atoms with Gasteiger partial charge in [0.1, 0.15) is 98.9 Å². The standard InChI is InChI=1S/C34H39ClFN3O5.C33H37ClFN3O5.C30H33ClFN3O3.ClH/c1-22-18-28(43-27-10-8-7-9-11-27)16-17-29(22)39(30(40)19-35)31(25-12-14-26(36)15-13-25)32(41)37-20-23(2)38(24(3)21-37)33(42)44-34(4,5)6;1-22-19-27(42-26-9-7-6-8-10-26)15-16-28(22)38(29(39)20-34)30(24-11-13-25(35)14-12-24)31(40)36-17-18-37(23(2)21-36)32(41)43-33(3,4)5;1-20(2)26-19-34(16-15-33-26)30(37)29(22-9-11-23(32)12-10-22)35(28(36)18-31)27-14-13-25(17-21(27)3)38-24-7-5-4-6-8-24;/h7-18,23-24,31H,19-21H2,1-6H3;6-16,19,23,30H,17-18,20-21H2,1-5H3;4-14,17,20,26,29,33H,15-16,18-19H2,1-3H3;1H/t23-,24+,31?;23-,30?;26-,29-;/m.00./s1. The molecule has 0 aromatic heterocycles. The third kappa shape index (κ3) is 25.9. The molecule has 0 radical (unpaired) electrons. The van der Waals surface area contributed by atoms with Crippen LogP contribution in [0.3, 0.4) is 0 Å². The molecule has 0 bridgehead atoms. The number of amides is 8. The summed E-state index contributed by atoms with van der Waals surface area (Å²) < 4.78 is 70.9. The average molecular weight is 1810 g/mol. The summed E-state index contributed by atoms with van der Waals surface area (Å²) in [4.78, 5) is 122. The largest absolute Gasteiger partial charge is 0.457 e. The van der Waals surface area contributed by atoms with E-state index >= 15 is 0 Å². The van der Waals surface area contributed by atoms with Crippen LogP contribution in [0.25, 0.3) is 0 Å². The molecule has 22 nitrogen and oxygen atoms in total. The molecular formula is C97H110Cl4F3N9O13. The Morgan fingerprint density at radius 1 is 0.405 bits per heavy atom. The number of hydrogen-bond donors (Lipinski definition) is 1. The number of rotatable bonds is 22. The van der Waals surface area contributed by atoms with Crippen molar-refractivity contribution in [2.75, 3.05) is 84.7 Å². The van der Waals surface area contributed by atoms with Crippen LogP contribution in [0.15, 0.2) is 218 Å². The number of halogens is 7. The van der Waals surface area contributed by atoms with Crippen LogP contribution in [-0.2, 0) is 38.2 Å². The van der Waals surface area contributed by atoms with Crippen LogP contribution in [0.4, 0.5) is 39.8 Å². The Labute approximate surface area is 757 Å². The van der Waals surface area contributed by atoms with Crippen molar-refractivity contribution in [3.8, 4) is 34.5 Å². The Bertz CT molecular complexity index is 5190. The van der Waals surface area contributed by atoms with Gasteiger partial charge in [0.25, 0.3) is 17.7 Å². The summed E-state index contributed by atoms with van der Waals surface area (Å²) in [5.74, 6) is -0.795. The van der Waals surface area contributed by atoms with Crippen LogP contribution in [0.5, 0.6) is 34.5 Å². The highest BCUT2D eigenvalue weighted by molar-refractivity contribution is 6.31. The summed E-state index contributed by atoms with van der Waals surface area (Å²) in [5.41, 5.74) is 3.60. The van der Waals surface area contributed by atoms with Crippen LogP contribution >= 0.6 is 47.2 Å². The zero-order chi connectivity index (χ0) is 90.7. The molecule has 8 amide bonds. The van der Waals surface area contributed by atoms with Crippen LogP contribution in [0.2, 0.25) is 0 Å². The van der Waals surface area contributed by atoms with Gasteiger partial charge in [-0.05, 0) is 250 Å². The van der Waals surface area contributed by atoms with Crippen molar-refractivity contribution >= 4 is 112 Å². The maximum absolute atomic E-state index is 14.5. The second kappa shape index (κ2) is 44.7. The van der Waals surface area contributed by atoms with Gasteiger partial charge in [0.05, 0.1) is 12.1 Å². The topological polar surface area (TPSA) is 221 Å². The van der Waals surface area contributed by atoms with Gasteiger partial charge < -0.3 is 48.6 Å². The molecule has 126 heavy (non-hydrogen) atoms. The number of nitrogens with one attached hydrogen (secondary N) is 1. The van der Waals surface area contributed by atoms with Gasteiger partial charge in [0.2, 0.25) is 17.7 Å². The zero-order valence-corrected chi connectivity index (χ0v) is 76.3. The number of piperazine rings is 3. The lowest BCUT2D eigenvalue weighted by Gasteiger charge is -2.46. The number of ether oxygens (including phenoxy) is 5. The first-order valence-corrected chi connectivity index (χ1v) is 43.1. The fourth-order valence-electron chi connectivity index (χ4n) is 15.2. The Hall–Kier alpha value is -11.4. The molecular weight excluding hydrogens is 1700 g/mol. The molecule has 7 atom stereocenters. The van der Waals surface area contributed by atoms with Gasteiger partial charge in [-0.3, -0.25) is 48.4 Å². The van der Waals surface area contributed by atoms with E-state index in [1.807, 2.05) is 139 Å². The minimum Gasteiger partial charge on any atom is -0.457 e. The highest BCUT2D eigenvalue weighted by Crippen LogP contribution is 2.41. The van der Waals surface area contributed by atoms with E-state index in [-0.39, 0.29) is 105 Å². The molecule has 0 aliphatic carbocycles. The lowest BCUT2D eigenvalue weighted by Crippen LogP contribution is -2.62. The summed E-state index contributed by atoms with van der Waals surface area (Å²) in [7, 11) is 0. The number of carbonyl (C=O) groups excluding carboxylic acids is 8. The summed E-state index contributed by atoms with van der Waals surface area (Å²) in [6.07, 6.45) is -0.901. The maximum atomic E-state index is 14.5. The molecule has 3 heterocycles. The number of benzene rings is 9. The lowest BCUT2D eigenvalue weighted by atomic mass is 9.98. The summed E-state index contributed by atoms with van der Waals surface area (Å²) >= 11 is 18.3. The van der Waals surface area contributed by atoms with Crippen molar-refractivity contribution in [1.29, 1.82) is 0 Å². The first kappa shape index (κ1) is 98.4. The number of anilines is 3. The first-order valence-electron chi connectivity index (χ1n) is 41.5. The highest BCUT2D eigenvalue weighted by atomic mass is 35.5. The molecule has 670 valence electrons. The molecule has 0 spiro atoms. The van der Waals surface area contributed by atoms with E-state index in [0.29, 0.717) is 105 Å². The molecule has 9 aromatic rings. The third-order valence-corrected chi connectivity index (χ3v) is 21.8. The fourth-order valence-corrected chi connectivity index (χ4v) is 15.6. The van der Waals surface area contributed by atoms with E-state index in [9.17, 15) is 51.5 Å². The Kier molecular flexibility index (Phi) is 34.9. The molecule has 3 fully saturated rings. The van der Waals surface area contributed by atoms with Gasteiger partial charge in [-0.15, -0.1) is 47.2 Å². The van der Waals surface area contributed by atoms with Crippen LogP contribution in [-0.4, -0.2) is 177 Å². The Balaban J connectivity index is 0.000000214. The fraction of sp³-hybridized carbons (Fsp3) is 0.361. The van der Waals surface area contributed by atoms with Gasteiger partial charge in [0, 0.05) is 81.5 Å². The van der Waals surface area contributed by atoms with Gasteiger partial charge in [0.15, 0.2) is 0 Å². The van der Waals surface area contributed by atoms with E-state index in [1.165, 1.54) is 75.4 Å². The predicted octanol–water partition coefficient (Wildman–Crippen LogP) is 19.9. The van der Waals surface area contributed by atoms with Gasteiger partial charge >= 0.3 is 12.2 Å². The van der Waals surface area contributed by atoms with Gasteiger partial charge in [-0.25, -0.2) is 22.8 Å². The minimum absolute atomic E-state index is 0. The third-order valence-electron chi connectivity index (χ3n) is 21.1. The SMILES string of the molecule is Cc1cc(Oc2ccccc2)ccc1N(C(=O)CCl)C(C(=O)N1CCN(C(=O)OC(C)(C)C)[C@@H](C)C1)c1ccc(F)cc1.Cc1cc(Oc2ccccc2)ccc1N(C(=O)CCl)C(C(=O)N1C[C@@H](C)N(C(=O)OC(C)(C)C)[C@@H](C)C1)c1ccc(F)cc1.Cc1cc(Oc2ccccc2)ccc1N(C(=O)CCl)[C@H](C(=O)N1CCN[C@H](C(C)C)C1)c1ccc(F)cc1.Cl. The summed E-state index contributed by atoms with van der Waals surface area (Å²) in [6.45, 7) is 28.9. The zero-order valence-electron chi connectivity index (χ0n) is 73.2. The highest BCUT2D eigenvalue weighted by Gasteiger charge is 2.45. The van der Waals surface area contributed by atoms with E-state index in [4.69, 9.17) is 58.5 Å². The quantitative estimate of drug-likeness (QED) is 0.0624. The molecule has 1 N–H and O–H groups in total. The monoisotopic (exact) mass is 1810 g/mol. The normalized spacial score (nSPS) is 16.5. The molecule has 0 saturated carbocycles. The number of carbonyl (C=O) groups is 8. The van der Waals surface area contributed by atoms with Gasteiger partial charge in [-0.1, -0.05) is 105 Å². The van der Waals surface area contributed by atoms with Crippen LogP contribution < -0.4 is 34.2 Å². The second-order valence-corrected chi connectivity index (χ2v) is 34.2. The molecule has 29 heteroatoms. The Morgan fingerprint density at radius 3 is 1.02 bits per heavy atom. The molecule has 3 aliphatic heterocycles. The van der Waals surface area contributed by atoms with Crippen molar-refractivity contribution in [2.45, 2.75) is 150 Å². The predicted molar refractivity (Wildman–Crippen MR) is 488 cm³/mol. The summed E-state index contributed by atoms with van der Waals surface area (Å²) in [6, 6.07) is 56.3. The Morgan fingerprint density at radius 2 is 0.714 bits per heavy atom. The van der Waals surface area contributed by atoms with E-state index in [0.717, 1.165) is 5.56 Å². The molecule has 9 aromatic carbocycles. The smallest absolute Gasteiger partial charge is 0.410 e. The molecule has 3 saturated heterocycles. The number of aryl methyl sites for hydroxylation is 3. The number of alkyl halides is 3. The minimum atomic E-state index is -1.14. The molecule has 2 unspecified atom stereocenters. The number of para-hydroxylation sites is 3. The van der Waals surface area contributed by atoms with Crippen molar-refractivity contribution in [3.05, 3.63) is 269 Å². The average Bonchev–Trinajstić information content (AvgIpc) is 0.773. The summed E-state index contributed by atoms with van der Waals surface area (Å²) in [5, 5.41) is 3.46. The van der Waals surface area contributed by atoms with E-state index < -0.39 is 76.7 Å². The van der Waals surface area contributed by atoms with Crippen molar-refractivity contribution in [2.24, 2.45) is 5.92 Å². The van der Waals surface area contributed by atoms with E-state index in [1.54, 1.807) is 127 Å². The lowest BCUT2D eigenvalue weighted by molar-refractivity contribution is -0.138.